The number of carbonyl (C=O) groups is 1. The lowest BCUT2D eigenvalue weighted by Crippen LogP contribution is -2.12. The first-order chi connectivity index (χ1) is 8.25. The predicted molar refractivity (Wildman–Crippen MR) is 65.6 cm³/mol. The molecule has 0 fully saturated rings. The van der Waals surface area contributed by atoms with E-state index >= 15 is 0 Å². The highest BCUT2D eigenvalue weighted by Gasteiger charge is 2.20. The van der Waals surface area contributed by atoms with Gasteiger partial charge in [-0.05, 0) is 38.0 Å². The molecular weight excluding hydrogens is 212 g/mol. The van der Waals surface area contributed by atoms with Gasteiger partial charge in [0.2, 0.25) is 0 Å². The first kappa shape index (κ1) is 10.3. The molecule has 3 nitrogen and oxygen atoms in total. The summed E-state index contributed by atoms with van der Waals surface area (Å²) in [5.41, 5.74) is 4.12. The Hall–Kier alpha value is -1.90. The predicted octanol–water partition coefficient (Wildman–Crippen LogP) is 2.70. The average Bonchev–Trinajstić information content (AvgIpc) is 2.74. The van der Waals surface area contributed by atoms with E-state index in [1.54, 1.807) is 0 Å². The standard InChI is InChI=1S/C14H14N2O/c1-10-9-11(5-7-15-10)16-8-6-12-13(16)3-2-4-14(12)17/h5-9H,2-4H2,1H3. The van der Waals surface area contributed by atoms with Gasteiger partial charge in [-0.15, -0.1) is 0 Å². The number of fused-ring (bicyclic) bond motifs is 1. The van der Waals surface area contributed by atoms with E-state index in [-0.39, 0.29) is 5.78 Å². The SMILES string of the molecule is Cc1cc(-n2ccc3c2CCCC3=O)ccn1. The summed E-state index contributed by atoms with van der Waals surface area (Å²) in [5.74, 6) is 0.274. The van der Waals surface area contributed by atoms with E-state index in [0.29, 0.717) is 6.42 Å². The maximum atomic E-state index is 11.8. The molecule has 1 aliphatic carbocycles. The van der Waals surface area contributed by atoms with Crippen LogP contribution in [0.15, 0.2) is 30.6 Å². The normalized spacial score (nSPS) is 14.8. The van der Waals surface area contributed by atoms with Crippen LogP contribution < -0.4 is 0 Å². The maximum Gasteiger partial charge on any atom is 0.164 e. The minimum atomic E-state index is 0.274. The van der Waals surface area contributed by atoms with E-state index < -0.39 is 0 Å². The minimum Gasteiger partial charge on any atom is -0.320 e. The van der Waals surface area contributed by atoms with Crippen molar-refractivity contribution in [3.05, 3.63) is 47.5 Å². The Labute approximate surface area is 100 Å². The molecule has 0 aliphatic heterocycles. The first-order valence-electron chi connectivity index (χ1n) is 5.92. The molecule has 2 aromatic heterocycles. The summed E-state index contributed by atoms with van der Waals surface area (Å²) in [4.78, 5) is 16.0. The summed E-state index contributed by atoms with van der Waals surface area (Å²) in [7, 11) is 0. The van der Waals surface area contributed by atoms with Crippen LogP contribution in [0.5, 0.6) is 0 Å². The second-order valence-corrected chi connectivity index (χ2v) is 4.48. The highest BCUT2D eigenvalue weighted by molar-refractivity contribution is 5.98. The molecule has 0 saturated heterocycles. The lowest BCUT2D eigenvalue weighted by molar-refractivity contribution is 0.0972. The Morgan fingerprint density at radius 2 is 2.18 bits per heavy atom. The molecule has 3 heteroatoms. The Balaban J connectivity index is 2.13. The molecule has 17 heavy (non-hydrogen) atoms. The molecule has 2 heterocycles. The fraction of sp³-hybridized carbons (Fsp3) is 0.286. The van der Waals surface area contributed by atoms with Gasteiger partial charge in [0.1, 0.15) is 0 Å². The highest BCUT2D eigenvalue weighted by Crippen LogP contribution is 2.25. The monoisotopic (exact) mass is 226 g/mol. The van der Waals surface area contributed by atoms with Gasteiger partial charge in [-0.2, -0.15) is 0 Å². The lowest BCUT2D eigenvalue weighted by atomic mass is 9.97. The molecule has 3 rings (SSSR count). The number of nitrogens with zero attached hydrogens (tertiary/aromatic N) is 2. The minimum absolute atomic E-state index is 0.274. The quantitative estimate of drug-likeness (QED) is 0.749. The zero-order valence-electron chi connectivity index (χ0n) is 9.81. The van der Waals surface area contributed by atoms with Gasteiger partial charge >= 0.3 is 0 Å². The van der Waals surface area contributed by atoms with Crippen LogP contribution in [-0.4, -0.2) is 15.3 Å². The topological polar surface area (TPSA) is 34.9 Å². The second kappa shape index (κ2) is 3.84. The van der Waals surface area contributed by atoms with Crippen LogP contribution in [-0.2, 0) is 6.42 Å². The molecule has 2 aromatic rings. The summed E-state index contributed by atoms with van der Waals surface area (Å²) in [5, 5.41) is 0. The number of hydrogen-bond acceptors (Lipinski definition) is 2. The van der Waals surface area contributed by atoms with E-state index in [1.165, 1.54) is 0 Å². The van der Waals surface area contributed by atoms with Gasteiger partial charge in [0.25, 0.3) is 0 Å². The van der Waals surface area contributed by atoms with E-state index in [2.05, 4.69) is 9.55 Å². The van der Waals surface area contributed by atoms with E-state index in [0.717, 1.165) is 35.5 Å². The van der Waals surface area contributed by atoms with Crippen molar-refractivity contribution in [2.45, 2.75) is 26.2 Å². The third-order valence-electron chi connectivity index (χ3n) is 3.27. The van der Waals surface area contributed by atoms with Gasteiger partial charge in [0.15, 0.2) is 5.78 Å². The van der Waals surface area contributed by atoms with Crippen LogP contribution in [0.2, 0.25) is 0 Å². The van der Waals surface area contributed by atoms with Crippen LogP contribution in [0.25, 0.3) is 5.69 Å². The molecule has 0 saturated carbocycles. The molecule has 0 unspecified atom stereocenters. The van der Waals surface area contributed by atoms with Gasteiger partial charge in [-0.3, -0.25) is 9.78 Å². The van der Waals surface area contributed by atoms with Crippen LogP contribution in [0.4, 0.5) is 0 Å². The molecule has 1 aliphatic rings. The van der Waals surface area contributed by atoms with Crippen molar-refractivity contribution in [3.63, 3.8) is 0 Å². The van der Waals surface area contributed by atoms with Crippen LogP contribution >= 0.6 is 0 Å². The fourth-order valence-electron chi connectivity index (χ4n) is 2.45. The van der Waals surface area contributed by atoms with Gasteiger partial charge in [0.05, 0.1) is 0 Å². The zero-order chi connectivity index (χ0) is 11.8. The van der Waals surface area contributed by atoms with Crippen LogP contribution in [0, 0.1) is 6.92 Å². The Morgan fingerprint density at radius 3 is 3.00 bits per heavy atom. The number of pyridine rings is 1. The maximum absolute atomic E-state index is 11.8. The Bertz CT molecular complexity index is 584. The van der Waals surface area contributed by atoms with Crippen LogP contribution in [0.1, 0.15) is 34.6 Å². The van der Waals surface area contributed by atoms with Crippen molar-refractivity contribution < 1.29 is 4.79 Å². The van der Waals surface area contributed by atoms with E-state index in [1.807, 2.05) is 37.5 Å². The summed E-state index contributed by atoms with van der Waals surface area (Å²) in [6.45, 7) is 1.98. The smallest absolute Gasteiger partial charge is 0.164 e. The highest BCUT2D eigenvalue weighted by atomic mass is 16.1. The van der Waals surface area contributed by atoms with Gasteiger partial charge < -0.3 is 4.57 Å². The summed E-state index contributed by atoms with van der Waals surface area (Å²) >= 11 is 0. The van der Waals surface area contributed by atoms with Gasteiger partial charge in [-0.1, -0.05) is 0 Å². The second-order valence-electron chi connectivity index (χ2n) is 4.48. The van der Waals surface area contributed by atoms with E-state index in [9.17, 15) is 4.79 Å². The third-order valence-corrected chi connectivity index (χ3v) is 3.27. The Kier molecular flexibility index (Phi) is 2.32. The molecule has 0 aromatic carbocycles. The van der Waals surface area contributed by atoms with Crippen molar-refractivity contribution in [2.24, 2.45) is 0 Å². The number of hydrogen-bond donors (Lipinski definition) is 0. The first-order valence-corrected chi connectivity index (χ1v) is 5.92. The number of rotatable bonds is 1. The molecule has 0 atom stereocenters. The number of aromatic nitrogens is 2. The molecule has 0 N–H and O–H groups in total. The molecule has 0 radical (unpaired) electrons. The molecule has 0 bridgehead atoms. The number of ketones is 1. The lowest BCUT2D eigenvalue weighted by Gasteiger charge is -2.15. The largest absolute Gasteiger partial charge is 0.320 e. The third kappa shape index (κ3) is 1.68. The van der Waals surface area contributed by atoms with Crippen LogP contribution in [0.3, 0.4) is 0 Å². The molecule has 0 amide bonds. The van der Waals surface area contributed by atoms with Crippen molar-refractivity contribution in [1.29, 1.82) is 0 Å². The fourth-order valence-corrected chi connectivity index (χ4v) is 2.45. The molecular formula is C14H14N2O. The number of carbonyl (C=O) groups excluding carboxylic acids is 1. The average molecular weight is 226 g/mol. The zero-order valence-corrected chi connectivity index (χ0v) is 9.81. The Morgan fingerprint density at radius 1 is 1.29 bits per heavy atom. The van der Waals surface area contributed by atoms with Gasteiger partial charge in [0, 0.05) is 41.5 Å². The number of Topliss-reactive ketones (excluding diaryl/α,β-unsaturated/α-hetero) is 1. The van der Waals surface area contributed by atoms with Crippen molar-refractivity contribution in [2.75, 3.05) is 0 Å². The van der Waals surface area contributed by atoms with E-state index in [4.69, 9.17) is 0 Å². The van der Waals surface area contributed by atoms with Crippen molar-refractivity contribution in [3.8, 4) is 5.69 Å². The van der Waals surface area contributed by atoms with Gasteiger partial charge in [-0.25, -0.2) is 0 Å². The summed E-state index contributed by atoms with van der Waals surface area (Å²) < 4.78 is 2.11. The molecule has 86 valence electrons. The summed E-state index contributed by atoms with van der Waals surface area (Å²) in [6.07, 6.45) is 6.42. The number of aryl methyl sites for hydroxylation is 1. The summed E-state index contributed by atoms with van der Waals surface area (Å²) in [6, 6.07) is 5.96. The molecule has 0 spiro atoms. The van der Waals surface area contributed by atoms with Crippen molar-refractivity contribution >= 4 is 5.78 Å². The van der Waals surface area contributed by atoms with Crippen molar-refractivity contribution in [1.82, 2.24) is 9.55 Å².